The van der Waals surface area contributed by atoms with Crippen molar-refractivity contribution in [1.29, 1.82) is 0 Å². The summed E-state index contributed by atoms with van der Waals surface area (Å²) in [6.45, 7) is 3.72. The quantitative estimate of drug-likeness (QED) is 0.481. The number of sulfonamides is 1. The summed E-state index contributed by atoms with van der Waals surface area (Å²) >= 11 is 1.68. The Morgan fingerprint density at radius 1 is 1.16 bits per heavy atom. The normalized spacial score (nSPS) is 13.8. The molecule has 1 aromatic carbocycles. The minimum absolute atomic E-state index is 0.131. The maximum absolute atomic E-state index is 12.9. The van der Waals surface area contributed by atoms with Gasteiger partial charge < -0.3 is 5.32 Å². The van der Waals surface area contributed by atoms with Gasteiger partial charge in [-0.25, -0.2) is 13.1 Å². The Morgan fingerprint density at radius 2 is 1.90 bits per heavy atom. The molecule has 0 aliphatic rings. The molecule has 0 spiro atoms. The standard InChI is InChI=1S/C21H27N5O3S2/c1-4-15(2)25-31(28,29)17-10-8-16(9-11-17)21(27)22-18(12-14-30-3)20-24-23-19-7-5-6-13-26(19)20/h5-11,13,15,18,25H,4,12,14H2,1-3H3,(H,22,27). The van der Waals surface area contributed by atoms with Gasteiger partial charge in [-0.05, 0) is 68.2 Å². The summed E-state index contributed by atoms with van der Waals surface area (Å²) in [5.74, 6) is 1.21. The van der Waals surface area contributed by atoms with Crippen molar-refractivity contribution in [2.24, 2.45) is 0 Å². The summed E-state index contributed by atoms with van der Waals surface area (Å²) in [5, 5.41) is 11.5. The van der Waals surface area contributed by atoms with Gasteiger partial charge in [0.15, 0.2) is 11.5 Å². The minimum atomic E-state index is -3.61. The monoisotopic (exact) mass is 461 g/mol. The first-order valence-corrected chi connectivity index (χ1v) is 12.9. The lowest BCUT2D eigenvalue weighted by Gasteiger charge is -2.17. The second-order valence-electron chi connectivity index (χ2n) is 7.25. The number of aromatic nitrogens is 3. The highest BCUT2D eigenvalue weighted by molar-refractivity contribution is 7.98. The molecular formula is C21H27N5O3S2. The molecule has 2 atom stereocenters. The van der Waals surface area contributed by atoms with Crippen molar-refractivity contribution >= 4 is 33.3 Å². The maximum Gasteiger partial charge on any atom is 0.251 e. The summed E-state index contributed by atoms with van der Waals surface area (Å²) in [4.78, 5) is 13.0. The van der Waals surface area contributed by atoms with Gasteiger partial charge in [-0.2, -0.15) is 11.8 Å². The Labute approximate surface area is 186 Å². The fraction of sp³-hybridized carbons (Fsp3) is 0.381. The van der Waals surface area contributed by atoms with E-state index >= 15 is 0 Å². The molecule has 0 bridgehead atoms. The van der Waals surface area contributed by atoms with Crippen LogP contribution in [0.1, 0.15) is 48.9 Å². The number of pyridine rings is 1. The van der Waals surface area contributed by atoms with Gasteiger partial charge in [0.25, 0.3) is 5.91 Å². The molecule has 2 N–H and O–H groups in total. The van der Waals surface area contributed by atoms with Crippen molar-refractivity contribution in [3.05, 3.63) is 60.0 Å². The third-order valence-electron chi connectivity index (χ3n) is 4.96. The van der Waals surface area contributed by atoms with Crippen LogP contribution in [0, 0.1) is 0 Å². The number of nitrogens with one attached hydrogen (secondary N) is 2. The van der Waals surface area contributed by atoms with Crippen LogP contribution < -0.4 is 10.0 Å². The Hall–Kier alpha value is -2.43. The Morgan fingerprint density at radius 3 is 2.58 bits per heavy atom. The average molecular weight is 462 g/mol. The van der Waals surface area contributed by atoms with Gasteiger partial charge in [0.1, 0.15) is 0 Å². The van der Waals surface area contributed by atoms with Crippen LogP contribution in [0.3, 0.4) is 0 Å². The smallest absolute Gasteiger partial charge is 0.251 e. The Bertz CT molecular complexity index is 1130. The number of nitrogens with zero attached hydrogens (tertiary/aromatic N) is 3. The Kier molecular flexibility index (Phi) is 7.69. The van der Waals surface area contributed by atoms with Gasteiger partial charge in [0.05, 0.1) is 10.9 Å². The van der Waals surface area contributed by atoms with E-state index < -0.39 is 10.0 Å². The topological polar surface area (TPSA) is 105 Å². The molecule has 1 amide bonds. The van der Waals surface area contributed by atoms with E-state index in [9.17, 15) is 13.2 Å². The number of hydrogen-bond acceptors (Lipinski definition) is 6. The molecule has 3 aromatic rings. The van der Waals surface area contributed by atoms with Gasteiger partial charge in [-0.3, -0.25) is 9.20 Å². The minimum Gasteiger partial charge on any atom is -0.342 e. The van der Waals surface area contributed by atoms with Crippen LogP contribution in [0.4, 0.5) is 0 Å². The van der Waals surface area contributed by atoms with Crippen molar-refractivity contribution in [1.82, 2.24) is 24.6 Å². The Balaban J connectivity index is 1.79. The SMILES string of the molecule is CCC(C)NS(=O)(=O)c1ccc(C(=O)NC(CCSC)c2nnc3ccccn23)cc1. The predicted molar refractivity (Wildman–Crippen MR) is 123 cm³/mol. The number of amides is 1. The van der Waals surface area contributed by atoms with E-state index in [1.807, 2.05) is 48.9 Å². The van der Waals surface area contributed by atoms with Crippen molar-refractivity contribution < 1.29 is 13.2 Å². The van der Waals surface area contributed by atoms with Crippen molar-refractivity contribution in [2.75, 3.05) is 12.0 Å². The van der Waals surface area contributed by atoms with E-state index in [1.165, 1.54) is 24.3 Å². The van der Waals surface area contributed by atoms with E-state index in [-0.39, 0.29) is 22.9 Å². The molecule has 31 heavy (non-hydrogen) atoms. The second-order valence-corrected chi connectivity index (χ2v) is 9.95. The lowest BCUT2D eigenvalue weighted by molar-refractivity contribution is 0.0933. The van der Waals surface area contributed by atoms with Crippen LogP contribution in [0.2, 0.25) is 0 Å². The molecular weight excluding hydrogens is 434 g/mol. The summed E-state index contributed by atoms with van der Waals surface area (Å²) < 4.78 is 29.3. The van der Waals surface area contributed by atoms with Crippen LogP contribution in [0.25, 0.3) is 5.65 Å². The highest BCUT2D eigenvalue weighted by Gasteiger charge is 2.22. The third kappa shape index (κ3) is 5.63. The average Bonchev–Trinajstić information content (AvgIpc) is 3.20. The largest absolute Gasteiger partial charge is 0.342 e. The van der Waals surface area contributed by atoms with Crippen LogP contribution in [0.5, 0.6) is 0 Å². The number of benzene rings is 1. The number of carbonyl (C=O) groups excluding carboxylic acids is 1. The molecule has 166 valence electrons. The molecule has 2 aromatic heterocycles. The van der Waals surface area contributed by atoms with Crippen LogP contribution >= 0.6 is 11.8 Å². The van der Waals surface area contributed by atoms with E-state index in [2.05, 4.69) is 20.2 Å². The molecule has 8 nitrogen and oxygen atoms in total. The van der Waals surface area contributed by atoms with E-state index in [4.69, 9.17) is 0 Å². The third-order valence-corrected chi connectivity index (χ3v) is 7.21. The first kappa shape index (κ1) is 23.2. The molecule has 10 heteroatoms. The number of thioether (sulfide) groups is 1. The fourth-order valence-electron chi connectivity index (χ4n) is 3.04. The molecule has 0 fully saturated rings. The number of rotatable bonds is 10. The van der Waals surface area contributed by atoms with Gasteiger partial charge >= 0.3 is 0 Å². The molecule has 0 saturated carbocycles. The second kappa shape index (κ2) is 10.3. The van der Waals surface area contributed by atoms with Crippen LogP contribution in [0.15, 0.2) is 53.6 Å². The fourth-order valence-corrected chi connectivity index (χ4v) is 4.84. The highest BCUT2D eigenvalue weighted by Crippen LogP contribution is 2.19. The van der Waals surface area contributed by atoms with E-state index in [0.717, 1.165) is 5.75 Å². The van der Waals surface area contributed by atoms with Crippen molar-refractivity contribution in [3.8, 4) is 0 Å². The predicted octanol–water partition coefficient (Wildman–Crippen LogP) is 3.03. The lowest BCUT2D eigenvalue weighted by Crippen LogP contribution is -2.32. The first-order valence-electron chi connectivity index (χ1n) is 10.1. The molecule has 3 rings (SSSR count). The van der Waals surface area contributed by atoms with Gasteiger partial charge in [0, 0.05) is 17.8 Å². The van der Waals surface area contributed by atoms with E-state index in [1.54, 1.807) is 11.8 Å². The lowest BCUT2D eigenvalue weighted by atomic mass is 10.1. The van der Waals surface area contributed by atoms with Crippen LogP contribution in [-0.2, 0) is 10.0 Å². The summed E-state index contributed by atoms with van der Waals surface area (Å²) in [5.41, 5.74) is 1.09. The van der Waals surface area contributed by atoms with Crippen molar-refractivity contribution in [3.63, 3.8) is 0 Å². The summed E-state index contributed by atoms with van der Waals surface area (Å²) in [6.07, 6.45) is 5.25. The van der Waals surface area contributed by atoms with Gasteiger partial charge in [-0.15, -0.1) is 10.2 Å². The molecule has 2 heterocycles. The number of carbonyl (C=O) groups is 1. The molecule has 2 unspecified atom stereocenters. The van der Waals surface area contributed by atoms with Gasteiger partial charge in [-0.1, -0.05) is 13.0 Å². The zero-order chi connectivity index (χ0) is 22.4. The highest BCUT2D eigenvalue weighted by atomic mass is 32.2. The zero-order valence-corrected chi connectivity index (χ0v) is 19.4. The van der Waals surface area contributed by atoms with Crippen LogP contribution in [-0.4, -0.2) is 47.0 Å². The molecule has 0 radical (unpaired) electrons. The molecule has 0 aliphatic heterocycles. The van der Waals surface area contributed by atoms with Crippen molar-refractivity contribution in [2.45, 2.75) is 43.7 Å². The number of fused-ring (bicyclic) bond motifs is 1. The summed E-state index contributed by atoms with van der Waals surface area (Å²) in [7, 11) is -3.61. The zero-order valence-electron chi connectivity index (χ0n) is 17.8. The molecule has 0 saturated heterocycles. The van der Waals surface area contributed by atoms with Gasteiger partial charge in [0.2, 0.25) is 10.0 Å². The van der Waals surface area contributed by atoms with E-state index in [0.29, 0.717) is 29.9 Å². The molecule has 0 aliphatic carbocycles. The maximum atomic E-state index is 12.9. The number of hydrogen-bond donors (Lipinski definition) is 2. The first-order chi connectivity index (χ1) is 14.9. The summed E-state index contributed by atoms with van der Waals surface area (Å²) in [6, 6.07) is 11.1.